The molecule has 2 heterocycles. The van der Waals surface area contributed by atoms with E-state index in [1.54, 1.807) is 0 Å². The lowest BCUT2D eigenvalue weighted by atomic mass is 9.88. The fourth-order valence-corrected chi connectivity index (χ4v) is 5.90. The molecular formula is C30H51NO6Si. The van der Waals surface area contributed by atoms with Crippen LogP contribution >= 0.6 is 0 Å². The number of aliphatic hydroxyl groups excluding tert-OH is 1. The Morgan fingerprint density at radius 3 is 2.55 bits per heavy atom. The van der Waals surface area contributed by atoms with E-state index in [0.717, 1.165) is 31.6 Å². The van der Waals surface area contributed by atoms with Gasteiger partial charge in [-0.1, -0.05) is 65.0 Å². The van der Waals surface area contributed by atoms with Crippen LogP contribution in [0.5, 0.6) is 0 Å². The summed E-state index contributed by atoms with van der Waals surface area (Å²) in [5, 5.41) is 14.8. The van der Waals surface area contributed by atoms with Crippen LogP contribution in [0.15, 0.2) is 30.3 Å². The van der Waals surface area contributed by atoms with Gasteiger partial charge in [0.25, 0.3) is 0 Å². The molecule has 2 aliphatic rings. The lowest BCUT2D eigenvalue weighted by molar-refractivity contribution is -0.152. The molecule has 5 atom stereocenters. The average Bonchev–Trinajstić information content (AvgIpc) is 3.43. The summed E-state index contributed by atoms with van der Waals surface area (Å²) < 4.78 is 23.4. The summed E-state index contributed by atoms with van der Waals surface area (Å²) in [6.45, 7) is 18.7. The molecule has 7 nitrogen and oxygen atoms in total. The molecule has 2 saturated heterocycles. The second kappa shape index (κ2) is 13.4. The molecule has 0 bridgehead atoms. The highest BCUT2D eigenvalue weighted by atomic mass is 28.4. The highest BCUT2D eigenvalue weighted by molar-refractivity contribution is 6.74. The van der Waals surface area contributed by atoms with E-state index >= 15 is 0 Å². The number of aliphatic hydroxyl groups is 1. The topological polar surface area (TPSA) is 86.2 Å². The molecule has 38 heavy (non-hydrogen) atoms. The first-order valence-electron chi connectivity index (χ1n) is 14.3. The summed E-state index contributed by atoms with van der Waals surface area (Å²) in [6.07, 6.45) is 1.37. The minimum atomic E-state index is -1.76. The van der Waals surface area contributed by atoms with Gasteiger partial charge in [0, 0.05) is 25.6 Å². The van der Waals surface area contributed by atoms with Gasteiger partial charge >= 0.3 is 5.97 Å². The van der Waals surface area contributed by atoms with E-state index < -0.39 is 14.4 Å². The van der Waals surface area contributed by atoms with Crippen LogP contribution in [0.4, 0.5) is 0 Å². The third kappa shape index (κ3) is 9.13. The van der Waals surface area contributed by atoms with Crippen molar-refractivity contribution >= 4 is 14.3 Å². The molecule has 2 aliphatic heterocycles. The molecule has 3 rings (SSSR count). The maximum Gasteiger partial charge on any atom is 0.306 e. The van der Waals surface area contributed by atoms with Crippen molar-refractivity contribution < 1.29 is 28.5 Å². The molecule has 2 fully saturated rings. The number of fused-ring (bicyclic) bond motifs is 1. The summed E-state index contributed by atoms with van der Waals surface area (Å²) in [4.78, 5) is 12.9. The van der Waals surface area contributed by atoms with Gasteiger partial charge in [0.15, 0.2) is 14.6 Å². The van der Waals surface area contributed by atoms with Gasteiger partial charge in [-0.2, -0.15) is 0 Å². The smallest absolute Gasteiger partial charge is 0.306 e. The number of benzene rings is 1. The van der Waals surface area contributed by atoms with Gasteiger partial charge in [-0.05, 0) is 48.4 Å². The predicted molar refractivity (Wildman–Crippen MR) is 152 cm³/mol. The van der Waals surface area contributed by atoms with E-state index in [-0.39, 0.29) is 47.1 Å². The Bertz CT molecular complexity index is 871. The number of carbonyl (C=O) groups excluding carboxylic acids is 1. The van der Waals surface area contributed by atoms with Crippen LogP contribution in [0.1, 0.15) is 59.4 Å². The third-order valence-corrected chi connectivity index (χ3v) is 13.1. The summed E-state index contributed by atoms with van der Waals surface area (Å²) >= 11 is 0. The Morgan fingerprint density at radius 2 is 1.87 bits per heavy atom. The first-order valence-corrected chi connectivity index (χ1v) is 17.2. The molecule has 216 valence electrons. The molecule has 1 aromatic rings. The molecule has 0 aliphatic carbocycles. The van der Waals surface area contributed by atoms with Crippen LogP contribution in [-0.4, -0.2) is 70.8 Å². The number of hydrogen-bond donors (Lipinski definition) is 2. The van der Waals surface area contributed by atoms with Crippen molar-refractivity contribution in [3.05, 3.63) is 35.9 Å². The van der Waals surface area contributed by atoms with Crippen molar-refractivity contribution in [2.75, 3.05) is 32.9 Å². The van der Waals surface area contributed by atoms with Crippen molar-refractivity contribution in [3.8, 4) is 0 Å². The van der Waals surface area contributed by atoms with Crippen LogP contribution in [0.25, 0.3) is 0 Å². The Balaban J connectivity index is 1.50. The van der Waals surface area contributed by atoms with E-state index in [0.29, 0.717) is 26.2 Å². The lowest BCUT2D eigenvalue weighted by Crippen LogP contribution is -2.42. The largest absolute Gasteiger partial charge is 0.459 e. The fourth-order valence-electron chi connectivity index (χ4n) is 4.85. The number of nitrogens with one attached hydrogen (secondary N) is 1. The summed E-state index contributed by atoms with van der Waals surface area (Å²) in [5.41, 5.74) is 1.12. The lowest BCUT2D eigenvalue weighted by Gasteiger charge is -2.37. The summed E-state index contributed by atoms with van der Waals surface area (Å²) in [6, 6.07) is 10.0. The highest BCUT2D eigenvalue weighted by Crippen LogP contribution is 2.37. The van der Waals surface area contributed by atoms with Crippen LogP contribution < -0.4 is 5.32 Å². The highest BCUT2D eigenvalue weighted by Gasteiger charge is 2.44. The summed E-state index contributed by atoms with van der Waals surface area (Å²) in [5.74, 6) is -0.421. The van der Waals surface area contributed by atoms with Crippen LogP contribution in [0, 0.1) is 17.3 Å². The van der Waals surface area contributed by atoms with Gasteiger partial charge in [0.2, 0.25) is 0 Å². The molecule has 8 heteroatoms. The quantitative estimate of drug-likeness (QED) is 0.251. The van der Waals surface area contributed by atoms with E-state index in [2.05, 4.69) is 53.0 Å². The maximum absolute atomic E-state index is 12.9. The van der Waals surface area contributed by atoms with Crippen molar-refractivity contribution in [2.45, 2.75) is 96.9 Å². The van der Waals surface area contributed by atoms with Gasteiger partial charge in [-0.25, -0.2) is 0 Å². The number of esters is 1. The zero-order valence-electron chi connectivity index (χ0n) is 24.6. The van der Waals surface area contributed by atoms with Gasteiger partial charge in [-0.15, -0.1) is 0 Å². The van der Waals surface area contributed by atoms with E-state index in [1.165, 1.54) is 0 Å². The molecule has 0 spiro atoms. The predicted octanol–water partition coefficient (Wildman–Crippen LogP) is 4.93. The molecule has 0 amide bonds. The van der Waals surface area contributed by atoms with E-state index in [1.807, 2.05) is 30.3 Å². The Labute approximate surface area is 231 Å². The van der Waals surface area contributed by atoms with Crippen LogP contribution in [0.3, 0.4) is 0 Å². The Kier molecular flexibility index (Phi) is 11.0. The van der Waals surface area contributed by atoms with Crippen molar-refractivity contribution in [1.82, 2.24) is 5.32 Å². The zero-order chi connectivity index (χ0) is 28.0. The first kappa shape index (κ1) is 31.2. The third-order valence-electron chi connectivity index (χ3n) is 8.59. The maximum atomic E-state index is 12.9. The number of ether oxygens (including phenoxy) is 3. The van der Waals surface area contributed by atoms with Gasteiger partial charge < -0.3 is 29.1 Å². The normalized spacial score (nSPS) is 23.7. The van der Waals surface area contributed by atoms with Crippen molar-refractivity contribution in [2.24, 2.45) is 17.3 Å². The van der Waals surface area contributed by atoms with Gasteiger partial charge in [0.1, 0.15) is 6.10 Å². The van der Waals surface area contributed by atoms with Crippen LogP contribution in [0.2, 0.25) is 18.1 Å². The minimum Gasteiger partial charge on any atom is -0.459 e. The molecule has 0 radical (unpaired) electrons. The van der Waals surface area contributed by atoms with Crippen molar-refractivity contribution in [1.29, 1.82) is 0 Å². The molecule has 2 N–H and O–H groups in total. The molecule has 0 aromatic heterocycles. The van der Waals surface area contributed by atoms with Crippen molar-refractivity contribution in [3.63, 3.8) is 0 Å². The average molecular weight is 550 g/mol. The SMILES string of the molecule is CC(C)(CCO[Si](C)(C)C(C)(C)C)CNC[C@@H](O)[C@@H](CC(=O)O[C@H]1CO[C@H]2OCC[C@H]21)Cc1ccccc1. The van der Waals surface area contributed by atoms with E-state index in [9.17, 15) is 9.90 Å². The minimum absolute atomic E-state index is 0.0261. The summed E-state index contributed by atoms with van der Waals surface area (Å²) in [7, 11) is -1.76. The van der Waals surface area contributed by atoms with Crippen LogP contribution in [-0.2, 0) is 29.9 Å². The number of rotatable bonds is 14. The zero-order valence-corrected chi connectivity index (χ0v) is 25.6. The van der Waals surface area contributed by atoms with E-state index in [4.69, 9.17) is 18.6 Å². The van der Waals surface area contributed by atoms with Gasteiger partial charge in [0.05, 0.1) is 31.7 Å². The monoisotopic (exact) mass is 549 g/mol. The molecule has 1 aromatic carbocycles. The standard InChI is InChI=1S/C30H51NO6Si/c1-29(2,3)38(6,7)36-16-14-30(4,5)21-31-19-25(32)23(17-22-11-9-8-10-12-22)18-27(33)37-26-20-35-28-24(26)13-15-34-28/h8-12,23-26,28,31-32H,13-21H2,1-7H3/t23-,24+,25-,26+,28-/m1/s1. The Hall–Kier alpha value is -1.29. The Morgan fingerprint density at radius 1 is 1.16 bits per heavy atom. The first-order chi connectivity index (χ1) is 17.8. The second-order valence-electron chi connectivity index (χ2n) is 13.4. The second-order valence-corrected chi connectivity index (χ2v) is 18.2. The molecule has 0 unspecified atom stereocenters. The molecular weight excluding hydrogens is 498 g/mol. The van der Waals surface area contributed by atoms with Gasteiger partial charge in [-0.3, -0.25) is 4.79 Å². The number of carbonyl (C=O) groups is 1. The number of hydrogen-bond acceptors (Lipinski definition) is 7. The fraction of sp³-hybridized carbons (Fsp3) is 0.767. The molecule has 0 saturated carbocycles.